The topological polar surface area (TPSA) is 58.0 Å². The lowest BCUT2D eigenvalue weighted by atomic mass is 10.3. The van der Waals surface area contributed by atoms with Crippen LogP contribution >= 0.6 is 0 Å². The molecule has 1 aliphatic rings. The molecule has 1 saturated heterocycles. The third kappa shape index (κ3) is 2.22. The molecule has 1 aliphatic heterocycles. The van der Waals surface area contributed by atoms with Gasteiger partial charge in [-0.2, -0.15) is 10.2 Å². The van der Waals surface area contributed by atoms with E-state index < -0.39 is 0 Å². The Bertz CT molecular complexity index is 433. The lowest BCUT2D eigenvalue weighted by Crippen LogP contribution is -2.46. The molecule has 6 nitrogen and oxygen atoms in total. The summed E-state index contributed by atoms with van der Waals surface area (Å²) >= 11 is 0. The zero-order chi connectivity index (χ0) is 12.2. The molecule has 0 N–H and O–H groups in total. The minimum absolute atomic E-state index is 0.945. The van der Waals surface area contributed by atoms with Gasteiger partial charge in [-0.25, -0.2) is 4.98 Å². The molecule has 0 spiro atoms. The van der Waals surface area contributed by atoms with Crippen molar-refractivity contribution >= 4 is 11.5 Å². The predicted octanol–water partition coefficient (Wildman–Crippen LogP) is 0.593. The maximum atomic E-state index is 4.32. The number of anilines is 2. The van der Waals surface area contributed by atoms with E-state index >= 15 is 0 Å². The molecule has 0 aliphatic carbocycles. The second-order valence-corrected chi connectivity index (χ2v) is 4.14. The van der Waals surface area contributed by atoms with Gasteiger partial charge in [-0.3, -0.25) is 4.98 Å². The van der Waals surface area contributed by atoms with Crippen LogP contribution in [0.1, 0.15) is 0 Å². The lowest BCUT2D eigenvalue weighted by Gasteiger charge is -2.36. The van der Waals surface area contributed by atoms with Gasteiger partial charge in [-0.05, 0) is 6.07 Å². The largest absolute Gasteiger partial charge is 0.367 e. The van der Waals surface area contributed by atoms with Crippen LogP contribution in [0.3, 0.4) is 0 Å². The molecule has 0 aromatic carbocycles. The second-order valence-electron chi connectivity index (χ2n) is 4.14. The summed E-state index contributed by atoms with van der Waals surface area (Å²) < 4.78 is 0. The Morgan fingerprint density at radius 1 is 0.833 bits per heavy atom. The van der Waals surface area contributed by atoms with Crippen LogP contribution in [0.25, 0.3) is 0 Å². The van der Waals surface area contributed by atoms with Crippen molar-refractivity contribution in [1.82, 2.24) is 20.2 Å². The molecule has 0 saturated carbocycles. The molecule has 0 unspecified atom stereocenters. The SMILES string of the molecule is c1cnc(N2CCN(c3ccnnc3)CC2)cn1. The van der Waals surface area contributed by atoms with Crippen molar-refractivity contribution < 1.29 is 0 Å². The first kappa shape index (κ1) is 10.9. The highest BCUT2D eigenvalue weighted by Crippen LogP contribution is 2.16. The maximum absolute atomic E-state index is 4.32. The Hall–Kier alpha value is -2.24. The van der Waals surface area contributed by atoms with E-state index in [4.69, 9.17) is 0 Å². The molecule has 3 rings (SSSR count). The van der Waals surface area contributed by atoms with Crippen molar-refractivity contribution in [3.8, 4) is 0 Å². The van der Waals surface area contributed by atoms with Crippen molar-refractivity contribution in [3.05, 3.63) is 37.1 Å². The molecule has 0 radical (unpaired) electrons. The van der Waals surface area contributed by atoms with Crippen LogP contribution in [-0.2, 0) is 0 Å². The van der Waals surface area contributed by atoms with Crippen LogP contribution in [0.4, 0.5) is 11.5 Å². The highest BCUT2D eigenvalue weighted by atomic mass is 15.3. The standard InChI is InChI=1S/C12H14N6/c1-2-15-16-9-11(1)17-5-7-18(8-6-17)12-10-13-3-4-14-12/h1-4,9-10H,5-8H2. The molecule has 92 valence electrons. The number of nitrogens with zero attached hydrogens (tertiary/aromatic N) is 6. The van der Waals surface area contributed by atoms with Crippen LogP contribution in [0, 0.1) is 0 Å². The normalized spacial score (nSPS) is 15.8. The molecule has 2 aromatic rings. The predicted molar refractivity (Wildman–Crippen MR) is 68.5 cm³/mol. The van der Waals surface area contributed by atoms with E-state index in [1.165, 1.54) is 0 Å². The molecular formula is C12H14N6. The van der Waals surface area contributed by atoms with E-state index in [0.29, 0.717) is 0 Å². The number of rotatable bonds is 2. The fourth-order valence-electron chi connectivity index (χ4n) is 2.12. The average Bonchev–Trinajstić information content (AvgIpc) is 2.49. The van der Waals surface area contributed by atoms with Crippen molar-refractivity contribution in [3.63, 3.8) is 0 Å². The Labute approximate surface area is 105 Å². The van der Waals surface area contributed by atoms with Crippen LogP contribution in [0.15, 0.2) is 37.1 Å². The summed E-state index contributed by atoms with van der Waals surface area (Å²) in [5.41, 5.74) is 1.13. The number of hydrogen-bond donors (Lipinski definition) is 0. The highest BCUT2D eigenvalue weighted by Gasteiger charge is 2.18. The van der Waals surface area contributed by atoms with Gasteiger partial charge in [0.25, 0.3) is 0 Å². The summed E-state index contributed by atoms with van der Waals surface area (Å²) in [6.07, 6.45) is 8.77. The molecule has 0 atom stereocenters. The molecule has 0 bridgehead atoms. The first-order valence-corrected chi connectivity index (χ1v) is 5.96. The Kier molecular flexibility index (Phi) is 2.99. The van der Waals surface area contributed by atoms with Gasteiger partial charge in [0.1, 0.15) is 5.82 Å². The van der Waals surface area contributed by atoms with Crippen LogP contribution in [0.5, 0.6) is 0 Å². The molecule has 2 aromatic heterocycles. The van der Waals surface area contributed by atoms with Gasteiger partial charge in [0, 0.05) is 38.6 Å². The first-order chi connectivity index (χ1) is 8.93. The smallest absolute Gasteiger partial charge is 0.147 e. The summed E-state index contributed by atoms with van der Waals surface area (Å²) in [5, 5.41) is 7.71. The van der Waals surface area contributed by atoms with E-state index in [-0.39, 0.29) is 0 Å². The van der Waals surface area contributed by atoms with E-state index in [9.17, 15) is 0 Å². The van der Waals surface area contributed by atoms with Gasteiger partial charge in [0.05, 0.1) is 24.3 Å². The van der Waals surface area contributed by atoms with Gasteiger partial charge in [0.15, 0.2) is 0 Å². The summed E-state index contributed by atoms with van der Waals surface area (Å²) in [6.45, 7) is 3.81. The van der Waals surface area contributed by atoms with Gasteiger partial charge in [-0.15, -0.1) is 0 Å². The van der Waals surface area contributed by atoms with E-state index in [1.54, 1.807) is 24.8 Å². The van der Waals surface area contributed by atoms with Crippen LogP contribution < -0.4 is 9.80 Å². The fraction of sp³-hybridized carbons (Fsp3) is 0.333. The van der Waals surface area contributed by atoms with Crippen LogP contribution in [0.2, 0.25) is 0 Å². The molecular weight excluding hydrogens is 228 g/mol. The zero-order valence-corrected chi connectivity index (χ0v) is 9.98. The van der Waals surface area contributed by atoms with Crippen molar-refractivity contribution in [2.24, 2.45) is 0 Å². The van der Waals surface area contributed by atoms with E-state index in [1.807, 2.05) is 12.3 Å². The Morgan fingerprint density at radius 3 is 2.33 bits per heavy atom. The monoisotopic (exact) mass is 242 g/mol. The second kappa shape index (κ2) is 4.95. The fourth-order valence-corrected chi connectivity index (χ4v) is 2.12. The minimum Gasteiger partial charge on any atom is -0.367 e. The zero-order valence-electron chi connectivity index (χ0n) is 9.98. The van der Waals surface area contributed by atoms with Gasteiger partial charge in [-0.1, -0.05) is 0 Å². The summed E-state index contributed by atoms with van der Waals surface area (Å²) in [5.74, 6) is 0.949. The van der Waals surface area contributed by atoms with Gasteiger partial charge < -0.3 is 9.80 Å². The molecule has 3 heterocycles. The number of hydrogen-bond acceptors (Lipinski definition) is 6. The Balaban J connectivity index is 1.65. The minimum atomic E-state index is 0.945. The summed E-state index contributed by atoms with van der Waals surface area (Å²) in [4.78, 5) is 13.0. The van der Waals surface area contributed by atoms with Crippen LogP contribution in [-0.4, -0.2) is 46.3 Å². The van der Waals surface area contributed by atoms with Crippen molar-refractivity contribution in [2.45, 2.75) is 0 Å². The molecule has 6 heteroatoms. The third-order valence-electron chi connectivity index (χ3n) is 3.09. The third-order valence-corrected chi connectivity index (χ3v) is 3.09. The number of piperazine rings is 1. The first-order valence-electron chi connectivity index (χ1n) is 5.96. The molecule has 0 amide bonds. The van der Waals surface area contributed by atoms with Crippen molar-refractivity contribution in [2.75, 3.05) is 36.0 Å². The summed E-state index contributed by atoms with van der Waals surface area (Å²) in [6, 6.07) is 1.99. The molecule has 18 heavy (non-hydrogen) atoms. The quantitative estimate of drug-likeness (QED) is 0.768. The van der Waals surface area contributed by atoms with Crippen molar-refractivity contribution in [1.29, 1.82) is 0 Å². The lowest BCUT2D eigenvalue weighted by molar-refractivity contribution is 0.644. The van der Waals surface area contributed by atoms with E-state index in [0.717, 1.165) is 37.7 Å². The van der Waals surface area contributed by atoms with E-state index in [2.05, 4.69) is 30.0 Å². The van der Waals surface area contributed by atoms with Gasteiger partial charge >= 0.3 is 0 Å². The molecule has 1 fully saturated rings. The highest BCUT2D eigenvalue weighted by molar-refractivity contribution is 5.46. The maximum Gasteiger partial charge on any atom is 0.147 e. The van der Waals surface area contributed by atoms with Gasteiger partial charge in [0.2, 0.25) is 0 Å². The Morgan fingerprint density at radius 2 is 1.67 bits per heavy atom. The average molecular weight is 242 g/mol. The number of aromatic nitrogens is 4. The summed E-state index contributed by atoms with van der Waals surface area (Å²) in [7, 11) is 0.